The van der Waals surface area contributed by atoms with Gasteiger partial charge in [0.1, 0.15) is 0 Å². The molecule has 1 aliphatic rings. The van der Waals surface area contributed by atoms with Gasteiger partial charge in [-0.15, -0.1) is 0 Å². The van der Waals surface area contributed by atoms with E-state index in [2.05, 4.69) is 10.4 Å². The number of aromatic nitrogens is 2. The van der Waals surface area contributed by atoms with Crippen LogP contribution in [0.25, 0.3) is 0 Å². The fourth-order valence-corrected chi connectivity index (χ4v) is 2.10. The third-order valence-electron chi connectivity index (χ3n) is 2.97. The van der Waals surface area contributed by atoms with Crippen molar-refractivity contribution in [2.45, 2.75) is 19.4 Å². The van der Waals surface area contributed by atoms with Crippen molar-refractivity contribution >= 4 is 11.7 Å². The Labute approximate surface area is 101 Å². The van der Waals surface area contributed by atoms with E-state index in [0.29, 0.717) is 18.2 Å². The predicted octanol–water partition coefficient (Wildman–Crippen LogP) is 0.143. The van der Waals surface area contributed by atoms with Gasteiger partial charge in [0, 0.05) is 19.7 Å². The second kappa shape index (κ2) is 4.75. The van der Waals surface area contributed by atoms with Gasteiger partial charge >= 0.3 is 0 Å². The van der Waals surface area contributed by atoms with E-state index in [-0.39, 0.29) is 11.9 Å². The van der Waals surface area contributed by atoms with Crippen molar-refractivity contribution in [3.8, 4) is 5.88 Å². The first kappa shape index (κ1) is 11.9. The van der Waals surface area contributed by atoms with E-state index < -0.39 is 0 Å². The smallest absolute Gasteiger partial charge is 0.245 e. The molecule has 1 saturated heterocycles. The Morgan fingerprint density at radius 3 is 3.00 bits per heavy atom. The van der Waals surface area contributed by atoms with Gasteiger partial charge in [-0.1, -0.05) is 6.92 Å². The minimum Gasteiger partial charge on any atom is -0.481 e. The maximum Gasteiger partial charge on any atom is 0.245 e. The summed E-state index contributed by atoms with van der Waals surface area (Å²) in [5, 5.41) is 7.45. The molecule has 1 fully saturated rings. The van der Waals surface area contributed by atoms with Crippen LogP contribution in [0.4, 0.5) is 5.82 Å². The maximum absolute atomic E-state index is 12.1. The monoisotopic (exact) mass is 238 g/mol. The lowest BCUT2D eigenvalue weighted by Crippen LogP contribution is -2.38. The normalized spacial score (nSPS) is 20.1. The van der Waals surface area contributed by atoms with Crippen LogP contribution < -0.4 is 15.0 Å². The Morgan fingerprint density at radius 1 is 1.65 bits per heavy atom. The maximum atomic E-state index is 12.1. The van der Waals surface area contributed by atoms with Crippen LogP contribution in [0.1, 0.15) is 13.3 Å². The average molecular weight is 238 g/mol. The lowest BCUT2D eigenvalue weighted by molar-refractivity contribution is -0.118. The first-order chi connectivity index (χ1) is 8.17. The van der Waals surface area contributed by atoms with Gasteiger partial charge in [0.15, 0.2) is 5.82 Å². The molecule has 6 heteroatoms. The average Bonchev–Trinajstić information content (AvgIpc) is 2.84. The summed E-state index contributed by atoms with van der Waals surface area (Å²) >= 11 is 0. The molecular weight excluding hydrogens is 220 g/mol. The number of likely N-dealkylation sites (N-methyl/N-ethyl adjacent to an activating group) is 1. The summed E-state index contributed by atoms with van der Waals surface area (Å²) in [5.41, 5.74) is 0. The van der Waals surface area contributed by atoms with Crippen LogP contribution in [-0.4, -0.2) is 41.9 Å². The SMILES string of the molecule is CCNC1CCN(c2cc(OC)n(C)n2)C1=O. The largest absolute Gasteiger partial charge is 0.481 e. The van der Waals surface area contributed by atoms with E-state index in [1.807, 2.05) is 6.92 Å². The second-order valence-corrected chi connectivity index (χ2v) is 4.06. The van der Waals surface area contributed by atoms with Gasteiger partial charge in [-0.3, -0.25) is 9.69 Å². The first-order valence-electron chi connectivity index (χ1n) is 5.80. The zero-order chi connectivity index (χ0) is 12.4. The van der Waals surface area contributed by atoms with Crippen LogP contribution in [-0.2, 0) is 11.8 Å². The molecule has 0 bridgehead atoms. The van der Waals surface area contributed by atoms with Gasteiger partial charge in [-0.2, -0.15) is 5.10 Å². The Kier molecular flexibility index (Phi) is 3.33. The number of rotatable bonds is 4. The Hall–Kier alpha value is -1.56. The molecule has 1 aromatic rings. The van der Waals surface area contributed by atoms with Gasteiger partial charge in [-0.25, -0.2) is 4.68 Å². The Balaban J connectivity index is 2.15. The molecule has 17 heavy (non-hydrogen) atoms. The van der Waals surface area contributed by atoms with Crippen LogP contribution in [0, 0.1) is 0 Å². The van der Waals surface area contributed by atoms with E-state index in [9.17, 15) is 4.79 Å². The number of amides is 1. The first-order valence-corrected chi connectivity index (χ1v) is 5.80. The highest BCUT2D eigenvalue weighted by Gasteiger charge is 2.33. The van der Waals surface area contributed by atoms with E-state index >= 15 is 0 Å². The molecule has 2 heterocycles. The fourth-order valence-electron chi connectivity index (χ4n) is 2.10. The molecule has 0 aliphatic carbocycles. The molecule has 0 spiro atoms. The minimum absolute atomic E-state index is 0.0759. The number of nitrogens with zero attached hydrogens (tertiary/aromatic N) is 3. The summed E-state index contributed by atoms with van der Waals surface area (Å²) < 4.78 is 6.77. The van der Waals surface area contributed by atoms with Crippen LogP contribution >= 0.6 is 0 Å². The van der Waals surface area contributed by atoms with Gasteiger partial charge in [0.05, 0.1) is 13.2 Å². The number of nitrogens with one attached hydrogen (secondary N) is 1. The summed E-state index contributed by atoms with van der Waals surface area (Å²) in [5.74, 6) is 1.40. The molecule has 1 unspecified atom stereocenters. The minimum atomic E-state index is -0.0759. The fraction of sp³-hybridized carbons (Fsp3) is 0.636. The number of carbonyl (C=O) groups excluding carboxylic acids is 1. The van der Waals surface area contributed by atoms with Gasteiger partial charge in [-0.05, 0) is 13.0 Å². The lowest BCUT2D eigenvalue weighted by Gasteiger charge is -2.13. The topological polar surface area (TPSA) is 59.4 Å². The van der Waals surface area contributed by atoms with Crippen LogP contribution in [0.15, 0.2) is 6.07 Å². The zero-order valence-electron chi connectivity index (χ0n) is 10.4. The summed E-state index contributed by atoms with van der Waals surface area (Å²) in [6.07, 6.45) is 0.825. The van der Waals surface area contributed by atoms with Crippen molar-refractivity contribution in [1.82, 2.24) is 15.1 Å². The molecule has 2 rings (SSSR count). The van der Waals surface area contributed by atoms with E-state index in [1.165, 1.54) is 0 Å². The molecular formula is C11H18N4O2. The quantitative estimate of drug-likeness (QED) is 0.811. The Morgan fingerprint density at radius 2 is 2.41 bits per heavy atom. The van der Waals surface area contributed by atoms with Crippen LogP contribution in [0.2, 0.25) is 0 Å². The standard InChI is InChI=1S/C11H18N4O2/c1-4-12-8-5-6-15(11(8)16)9-7-10(17-3)14(2)13-9/h7-8,12H,4-6H2,1-3H3. The molecule has 1 atom stereocenters. The van der Waals surface area contributed by atoms with Crippen molar-refractivity contribution in [2.75, 3.05) is 25.1 Å². The molecule has 0 aromatic carbocycles. The number of hydrogen-bond donors (Lipinski definition) is 1. The van der Waals surface area contributed by atoms with Gasteiger partial charge < -0.3 is 10.1 Å². The zero-order valence-corrected chi connectivity index (χ0v) is 10.4. The van der Waals surface area contributed by atoms with Crippen molar-refractivity contribution in [3.05, 3.63) is 6.07 Å². The summed E-state index contributed by atoms with van der Waals surface area (Å²) in [4.78, 5) is 13.8. The molecule has 0 saturated carbocycles. The molecule has 6 nitrogen and oxygen atoms in total. The van der Waals surface area contributed by atoms with Crippen LogP contribution in [0.3, 0.4) is 0 Å². The van der Waals surface area contributed by atoms with Crippen molar-refractivity contribution in [2.24, 2.45) is 7.05 Å². The number of ether oxygens (including phenoxy) is 1. The Bertz CT molecular complexity index is 416. The van der Waals surface area contributed by atoms with Crippen molar-refractivity contribution < 1.29 is 9.53 Å². The van der Waals surface area contributed by atoms with E-state index in [0.717, 1.165) is 13.0 Å². The van der Waals surface area contributed by atoms with Gasteiger partial charge in [0.25, 0.3) is 0 Å². The molecule has 1 aliphatic heterocycles. The number of carbonyl (C=O) groups is 1. The molecule has 1 N–H and O–H groups in total. The summed E-state index contributed by atoms with van der Waals surface area (Å²) in [7, 11) is 3.39. The number of methoxy groups -OCH3 is 1. The number of anilines is 1. The van der Waals surface area contributed by atoms with Crippen LogP contribution in [0.5, 0.6) is 5.88 Å². The highest BCUT2D eigenvalue weighted by molar-refractivity contribution is 5.98. The third-order valence-corrected chi connectivity index (χ3v) is 2.97. The van der Waals surface area contributed by atoms with E-state index in [4.69, 9.17) is 4.74 Å². The predicted molar refractivity (Wildman–Crippen MR) is 64.2 cm³/mol. The van der Waals surface area contributed by atoms with Crippen molar-refractivity contribution in [3.63, 3.8) is 0 Å². The van der Waals surface area contributed by atoms with Crippen molar-refractivity contribution in [1.29, 1.82) is 0 Å². The number of aryl methyl sites for hydroxylation is 1. The highest BCUT2D eigenvalue weighted by atomic mass is 16.5. The summed E-state index contributed by atoms with van der Waals surface area (Å²) in [6.45, 7) is 3.51. The lowest BCUT2D eigenvalue weighted by atomic mass is 10.2. The summed E-state index contributed by atoms with van der Waals surface area (Å²) in [6, 6.07) is 1.71. The highest BCUT2D eigenvalue weighted by Crippen LogP contribution is 2.24. The van der Waals surface area contributed by atoms with Gasteiger partial charge in [0.2, 0.25) is 11.8 Å². The molecule has 1 amide bonds. The molecule has 94 valence electrons. The van der Waals surface area contributed by atoms with E-state index in [1.54, 1.807) is 29.8 Å². The second-order valence-electron chi connectivity index (χ2n) is 4.06. The molecule has 1 aromatic heterocycles. The number of hydrogen-bond acceptors (Lipinski definition) is 4. The third kappa shape index (κ3) is 2.12. The molecule has 0 radical (unpaired) electrons.